The van der Waals surface area contributed by atoms with Gasteiger partial charge in [0.05, 0.1) is 7.11 Å². The second kappa shape index (κ2) is 5.05. The van der Waals surface area contributed by atoms with Crippen LogP contribution in [0.25, 0.3) is 11.1 Å². The van der Waals surface area contributed by atoms with Gasteiger partial charge in [-0.05, 0) is 23.1 Å². The third kappa shape index (κ3) is 2.33. The molecule has 2 rings (SSSR count). The van der Waals surface area contributed by atoms with Crippen molar-refractivity contribution in [1.29, 1.82) is 0 Å². The first kappa shape index (κ1) is 11.7. The highest BCUT2D eigenvalue weighted by molar-refractivity contribution is 5.73. The van der Waals surface area contributed by atoms with Crippen LogP contribution in [0.2, 0.25) is 0 Å². The fourth-order valence-electron chi connectivity index (χ4n) is 2.11. The van der Waals surface area contributed by atoms with E-state index in [1.807, 2.05) is 12.1 Å². The molecule has 2 aromatic carbocycles. The van der Waals surface area contributed by atoms with Gasteiger partial charge < -0.3 is 4.74 Å². The first-order valence-electron chi connectivity index (χ1n) is 5.96. The van der Waals surface area contributed by atoms with Gasteiger partial charge in [0.25, 0.3) is 0 Å². The molecule has 88 valence electrons. The minimum atomic E-state index is 0.510. The van der Waals surface area contributed by atoms with E-state index >= 15 is 0 Å². The minimum absolute atomic E-state index is 0.510. The molecule has 0 saturated heterocycles. The van der Waals surface area contributed by atoms with Crippen molar-refractivity contribution in [1.82, 2.24) is 0 Å². The lowest BCUT2D eigenvalue weighted by atomic mass is 9.92. The van der Waals surface area contributed by atoms with Crippen molar-refractivity contribution in [2.45, 2.75) is 19.8 Å². The molecule has 0 atom stereocenters. The second-order valence-corrected chi connectivity index (χ2v) is 4.44. The van der Waals surface area contributed by atoms with Gasteiger partial charge in [-0.25, -0.2) is 0 Å². The Labute approximate surface area is 103 Å². The highest BCUT2D eigenvalue weighted by Gasteiger charge is 2.11. The maximum Gasteiger partial charge on any atom is 0.126 e. The van der Waals surface area contributed by atoms with E-state index in [2.05, 4.69) is 50.2 Å². The number of rotatable bonds is 3. The number of para-hydroxylation sites is 1. The summed E-state index contributed by atoms with van der Waals surface area (Å²) in [6, 6.07) is 16.7. The smallest absolute Gasteiger partial charge is 0.126 e. The number of hydrogen-bond donors (Lipinski definition) is 0. The predicted octanol–water partition coefficient (Wildman–Crippen LogP) is 4.49. The van der Waals surface area contributed by atoms with Crippen molar-refractivity contribution >= 4 is 0 Å². The maximum absolute atomic E-state index is 5.43. The molecule has 0 amide bonds. The molecule has 0 aliphatic rings. The van der Waals surface area contributed by atoms with E-state index in [0.717, 1.165) is 5.75 Å². The summed E-state index contributed by atoms with van der Waals surface area (Å²) in [5.74, 6) is 1.44. The molecule has 0 radical (unpaired) electrons. The fraction of sp³-hybridized carbons (Fsp3) is 0.250. The Morgan fingerprint density at radius 2 is 1.41 bits per heavy atom. The summed E-state index contributed by atoms with van der Waals surface area (Å²) >= 11 is 0. The van der Waals surface area contributed by atoms with Crippen molar-refractivity contribution in [2.75, 3.05) is 7.11 Å². The molecule has 0 unspecified atom stereocenters. The van der Waals surface area contributed by atoms with Crippen LogP contribution in [0.5, 0.6) is 5.75 Å². The van der Waals surface area contributed by atoms with E-state index in [1.54, 1.807) is 7.11 Å². The Hall–Kier alpha value is -1.76. The molecular formula is C16H18O. The highest BCUT2D eigenvalue weighted by Crippen LogP contribution is 2.34. The van der Waals surface area contributed by atoms with Crippen LogP contribution in [0.3, 0.4) is 0 Å². The lowest BCUT2D eigenvalue weighted by Gasteiger charge is -2.15. The topological polar surface area (TPSA) is 9.23 Å². The summed E-state index contributed by atoms with van der Waals surface area (Å²) in [5, 5.41) is 0. The van der Waals surface area contributed by atoms with E-state index in [1.165, 1.54) is 16.7 Å². The molecule has 1 heteroatoms. The number of methoxy groups -OCH3 is 1. The van der Waals surface area contributed by atoms with E-state index < -0.39 is 0 Å². The zero-order chi connectivity index (χ0) is 12.3. The van der Waals surface area contributed by atoms with Crippen LogP contribution < -0.4 is 4.74 Å². The van der Waals surface area contributed by atoms with Crippen molar-refractivity contribution in [3.63, 3.8) is 0 Å². The molecule has 17 heavy (non-hydrogen) atoms. The normalized spacial score (nSPS) is 10.6. The molecule has 0 heterocycles. The summed E-state index contributed by atoms with van der Waals surface area (Å²) < 4.78 is 5.43. The first-order valence-corrected chi connectivity index (χ1v) is 5.96. The van der Waals surface area contributed by atoms with Crippen LogP contribution in [0.4, 0.5) is 0 Å². The van der Waals surface area contributed by atoms with Crippen molar-refractivity contribution in [3.8, 4) is 16.9 Å². The van der Waals surface area contributed by atoms with Gasteiger partial charge in [-0.15, -0.1) is 0 Å². The Morgan fingerprint density at radius 3 is 2.06 bits per heavy atom. The van der Waals surface area contributed by atoms with Crippen LogP contribution in [-0.4, -0.2) is 7.11 Å². The number of hydrogen-bond acceptors (Lipinski definition) is 1. The second-order valence-electron chi connectivity index (χ2n) is 4.44. The largest absolute Gasteiger partial charge is 0.496 e. The molecule has 1 nitrogen and oxygen atoms in total. The lowest BCUT2D eigenvalue weighted by Crippen LogP contribution is -1.94. The van der Waals surface area contributed by atoms with Crippen molar-refractivity contribution in [3.05, 3.63) is 54.1 Å². The number of ether oxygens (including phenoxy) is 1. The van der Waals surface area contributed by atoms with Crippen LogP contribution in [0, 0.1) is 0 Å². The quantitative estimate of drug-likeness (QED) is 0.749. The molecule has 0 bridgehead atoms. The van der Waals surface area contributed by atoms with Crippen LogP contribution in [-0.2, 0) is 0 Å². The molecule has 0 N–H and O–H groups in total. The van der Waals surface area contributed by atoms with Gasteiger partial charge in [0, 0.05) is 5.56 Å². The van der Waals surface area contributed by atoms with Gasteiger partial charge >= 0.3 is 0 Å². The van der Waals surface area contributed by atoms with Crippen LogP contribution >= 0.6 is 0 Å². The molecule has 0 aliphatic heterocycles. The molecular weight excluding hydrogens is 208 g/mol. The molecule has 0 fully saturated rings. The average molecular weight is 226 g/mol. The first-order chi connectivity index (χ1) is 8.24. The SMILES string of the molecule is COc1ccccc1-c1ccccc1C(C)C. The summed E-state index contributed by atoms with van der Waals surface area (Å²) in [5.41, 5.74) is 3.79. The molecule has 0 aliphatic carbocycles. The van der Waals surface area contributed by atoms with Gasteiger partial charge in [0.1, 0.15) is 5.75 Å². The summed E-state index contributed by atoms with van der Waals surface area (Å²) in [6.07, 6.45) is 0. The number of benzene rings is 2. The zero-order valence-electron chi connectivity index (χ0n) is 10.6. The minimum Gasteiger partial charge on any atom is -0.496 e. The zero-order valence-corrected chi connectivity index (χ0v) is 10.6. The Bertz CT molecular complexity index is 500. The predicted molar refractivity (Wildman–Crippen MR) is 72.5 cm³/mol. The highest BCUT2D eigenvalue weighted by atomic mass is 16.5. The van der Waals surface area contributed by atoms with E-state index in [4.69, 9.17) is 4.74 Å². The van der Waals surface area contributed by atoms with E-state index in [9.17, 15) is 0 Å². The van der Waals surface area contributed by atoms with Crippen LogP contribution in [0.1, 0.15) is 25.3 Å². The Kier molecular flexibility index (Phi) is 3.48. The average Bonchev–Trinajstić information content (AvgIpc) is 2.38. The fourth-order valence-corrected chi connectivity index (χ4v) is 2.11. The van der Waals surface area contributed by atoms with E-state index in [-0.39, 0.29) is 0 Å². The van der Waals surface area contributed by atoms with Gasteiger partial charge in [-0.3, -0.25) is 0 Å². The lowest BCUT2D eigenvalue weighted by molar-refractivity contribution is 0.416. The molecule has 0 spiro atoms. The van der Waals surface area contributed by atoms with Crippen molar-refractivity contribution < 1.29 is 4.74 Å². The Balaban J connectivity index is 2.60. The summed E-state index contributed by atoms with van der Waals surface area (Å²) in [4.78, 5) is 0. The van der Waals surface area contributed by atoms with Crippen molar-refractivity contribution in [2.24, 2.45) is 0 Å². The summed E-state index contributed by atoms with van der Waals surface area (Å²) in [6.45, 7) is 4.43. The van der Waals surface area contributed by atoms with Crippen LogP contribution in [0.15, 0.2) is 48.5 Å². The molecule has 0 aromatic heterocycles. The molecule has 0 saturated carbocycles. The standard InChI is InChI=1S/C16H18O/c1-12(2)13-8-4-5-9-14(13)15-10-6-7-11-16(15)17-3/h4-12H,1-3H3. The van der Waals surface area contributed by atoms with E-state index in [0.29, 0.717) is 5.92 Å². The van der Waals surface area contributed by atoms with Gasteiger partial charge in [0.2, 0.25) is 0 Å². The summed E-state index contributed by atoms with van der Waals surface area (Å²) in [7, 11) is 1.72. The van der Waals surface area contributed by atoms with Gasteiger partial charge in [0.15, 0.2) is 0 Å². The van der Waals surface area contributed by atoms with Gasteiger partial charge in [-0.2, -0.15) is 0 Å². The van der Waals surface area contributed by atoms with Gasteiger partial charge in [-0.1, -0.05) is 56.3 Å². The molecule has 2 aromatic rings. The maximum atomic E-state index is 5.43. The third-order valence-electron chi connectivity index (χ3n) is 2.98. The Morgan fingerprint density at radius 1 is 0.824 bits per heavy atom. The third-order valence-corrected chi connectivity index (χ3v) is 2.98. The monoisotopic (exact) mass is 226 g/mol.